The fourth-order valence-electron chi connectivity index (χ4n) is 4.59. The van der Waals surface area contributed by atoms with Gasteiger partial charge in [-0.15, -0.1) is 0 Å². The van der Waals surface area contributed by atoms with Gasteiger partial charge in [-0.25, -0.2) is 0 Å². The average molecular weight is 387 g/mol. The summed E-state index contributed by atoms with van der Waals surface area (Å²) in [6, 6.07) is 11.4. The fraction of sp³-hybridized carbons (Fsp3) is 0.696. The third-order valence-electron chi connectivity index (χ3n) is 6.95. The predicted octanol–water partition coefficient (Wildman–Crippen LogP) is 3.16. The monoisotopic (exact) mass is 386 g/mol. The Bertz CT molecular complexity index is 639. The van der Waals surface area contributed by atoms with Crippen molar-refractivity contribution in [2.75, 3.05) is 40.1 Å². The second-order valence-electron chi connectivity index (χ2n) is 9.01. The third-order valence-corrected chi connectivity index (χ3v) is 6.95. The van der Waals surface area contributed by atoms with Crippen molar-refractivity contribution in [2.24, 2.45) is 11.3 Å². The Morgan fingerprint density at radius 1 is 1.21 bits per heavy atom. The van der Waals surface area contributed by atoms with Crippen LogP contribution in [0.3, 0.4) is 0 Å². The lowest BCUT2D eigenvalue weighted by Crippen LogP contribution is -2.48. The number of nitrogens with zero attached hydrogens (tertiary/aromatic N) is 1. The van der Waals surface area contributed by atoms with Crippen molar-refractivity contribution in [3.63, 3.8) is 0 Å². The molecular formula is C23H34N2O3. The molecular weight excluding hydrogens is 352 g/mol. The molecule has 5 nitrogen and oxygen atoms in total. The quantitative estimate of drug-likeness (QED) is 0.661. The maximum Gasteiger partial charge on any atom is 0.310 e. The molecule has 2 saturated carbocycles. The molecule has 1 aromatic rings. The number of carbonyl (C=O) groups excluding carboxylic acids is 1. The van der Waals surface area contributed by atoms with Crippen LogP contribution < -0.4 is 5.32 Å². The van der Waals surface area contributed by atoms with Gasteiger partial charge in [0.2, 0.25) is 0 Å². The van der Waals surface area contributed by atoms with E-state index in [1.807, 2.05) is 0 Å². The highest BCUT2D eigenvalue weighted by Gasteiger charge is 2.41. The number of rotatable bonds is 9. The Morgan fingerprint density at radius 2 is 1.96 bits per heavy atom. The number of hydrogen-bond donors (Lipinski definition) is 1. The van der Waals surface area contributed by atoms with Crippen LogP contribution in [0.2, 0.25) is 0 Å². The minimum atomic E-state index is 0.00216. The number of methoxy groups -OCH3 is 1. The van der Waals surface area contributed by atoms with E-state index in [9.17, 15) is 4.79 Å². The Balaban J connectivity index is 1.21. The molecule has 3 aliphatic rings. The van der Waals surface area contributed by atoms with Crippen LogP contribution in [0, 0.1) is 11.3 Å². The van der Waals surface area contributed by atoms with E-state index in [1.165, 1.54) is 18.4 Å². The molecule has 5 heteroatoms. The van der Waals surface area contributed by atoms with Crippen LogP contribution in [0.1, 0.15) is 50.0 Å². The van der Waals surface area contributed by atoms with Crippen molar-refractivity contribution in [2.45, 2.75) is 50.5 Å². The Labute approximate surface area is 168 Å². The third kappa shape index (κ3) is 4.76. The lowest BCUT2D eigenvalue weighted by atomic mass is 9.79. The van der Waals surface area contributed by atoms with Crippen molar-refractivity contribution in [1.82, 2.24) is 10.2 Å². The number of carbonyl (C=O) groups is 1. The number of ether oxygens (including phenoxy) is 2. The van der Waals surface area contributed by atoms with Gasteiger partial charge in [0.25, 0.3) is 0 Å². The average Bonchev–Trinajstić information content (AvgIpc) is 3.46. The van der Waals surface area contributed by atoms with Gasteiger partial charge in [0.15, 0.2) is 0 Å². The molecule has 0 aromatic heterocycles. The van der Waals surface area contributed by atoms with Gasteiger partial charge in [-0.2, -0.15) is 0 Å². The van der Waals surface area contributed by atoms with Crippen LogP contribution in [-0.2, 0) is 14.3 Å². The first-order chi connectivity index (χ1) is 13.7. The highest BCUT2D eigenvalue weighted by Crippen LogP contribution is 2.42. The van der Waals surface area contributed by atoms with Crippen molar-refractivity contribution in [1.29, 1.82) is 0 Å². The molecule has 2 atom stereocenters. The number of likely N-dealkylation sites (tertiary alicyclic amines) is 1. The van der Waals surface area contributed by atoms with E-state index in [4.69, 9.17) is 9.47 Å². The van der Waals surface area contributed by atoms with E-state index in [0.29, 0.717) is 18.7 Å². The first-order valence-electron chi connectivity index (χ1n) is 10.9. The summed E-state index contributed by atoms with van der Waals surface area (Å²) in [5.74, 6) is 0.826. The van der Waals surface area contributed by atoms with Crippen molar-refractivity contribution >= 4 is 5.97 Å². The molecule has 3 fully saturated rings. The van der Waals surface area contributed by atoms with Crippen LogP contribution >= 0.6 is 0 Å². The van der Waals surface area contributed by atoms with Gasteiger partial charge in [-0.1, -0.05) is 36.8 Å². The number of esters is 1. The zero-order valence-electron chi connectivity index (χ0n) is 17.1. The molecule has 0 bridgehead atoms. The number of hydrogen-bond acceptors (Lipinski definition) is 5. The van der Waals surface area contributed by atoms with Gasteiger partial charge in [0, 0.05) is 44.1 Å². The summed E-state index contributed by atoms with van der Waals surface area (Å²) in [5.41, 5.74) is 1.64. The Morgan fingerprint density at radius 3 is 2.61 bits per heavy atom. The minimum Gasteiger partial charge on any atom is -0.449 e. The predicted molar refractivity (Wildman–Crippen MR) is 109 cm³/mol. The topological polar surface area (TPSA) is 50.8 Å². The summed E-state index contributed by atoms with van der Waals surface area (Å²) in [6.45, 7) is 4.18. The van der Waals surface area contributed by atoms with Gasteiger partial charge in [0.1, 0.15) is 6.73 Å². The molecule has 4 rings (SSSR count). The molecule has 0 spiro atoms. The zero-order chi connectivity index (χ0) is 19.4. The summed E-state index contributed by atoms with van der Waals surface area (Å²) < 4.78 is 11.1. The molecule has 1 heterocycles. The smallest absolute Gasteiger partial charge is 0.310 e. The lowest BCUT2D eigenvalue weighted by Gasteiger charge is -2.41. The van der Waals surface area contributed by atoms with Crippen LogP contribution in [-0.4, -0.2) is 57.0 Å². The molecule has 0 unspecified atom stereocenters. The SMILES string of the molecule is COCC1(CN[C@@H]2C[C@H]2c2ccccc2)CCN(COC(=O)C2CCC2)CC1. The lowest BCUT2D eigenvalue weighted by molar-refractivity contribution is -0.157. The molecule has 1 aliphatic heterocycles. The van der Waals surface area contributed by atoms with Crippen LogP contribution in [0.4, 0.5) is 0 Å². The second-order valence-corrected chi connectivity index (χ2v) is 9.01. The molecule has 1 N–H and O–H groups in total. The molecule has 154 valence electrons. The van der Waals surface area contributed by atoms with Gasteiger partial charge >= 0.3 is 5.97 Å². The molecule has 0 radical (unpaired) electrons. The summed E-state index contributed by atoms with van der Waals surface area (Å²) in [4.78, 5) is 14.2. The summed E-state index contributed by atoms with van der Waals surface area (Å²) in [6.07, 6.45) is 6.58. The van der Waals surface area contributed by atoms with Gasteiger partial charge < -0.3 is 14.8 Å². The van der Waals surface area contributed by atoms with Crippen LogP contribution in [0.25, 0.3) is 0 Å². The second kappa shape index (κ2) is 8.93. The van der Waals surface area contributed by atoms with Crippen molar-refractivity contribution < 1.29 is 14.3 Å². The van der Waals surface area contributed by atoms with E-state index in [-0.39, 0.29) is 17.3 Å². The Kier molecular flexibility index (Phi) is 6.34. The molecule has 1 aromatic carbocycles. The molecule has 0 amide bonds. The van der Waals surface area contributed by atoms with Gasteiger partial charge in [-0.05, 0) is 37.7 Å². The maximum atomic E-state index is 12.0. The molecule has 28 heavy (non-hydrogen) atoms. The number of benzene rings is 1. The largest absolute Gasteiger partial charge is 0.449 e. The normalized spacial score (nSPS) is 27.2. The van der Waals surface area contributed by atoms with E-state index in [2.05, 4.69) is 40.5 Å². The first kappa shape index (κ1) is 19.9. The van der Waals surface area contributed by atoms with E-state index >= 15 is 0 Å². The van der Waals surface area contributed by atoms with E-state index < -0.39 is 0 Å². The first-order valence-corrected chi connectivity index (χ1v) is 10.9. The number of nitrogens with one attached hydrogen (secondary N) is 1. The van der Waals surface area contributed by atoms with Crippen LogP contribution in [0.15, 0.2) is 30.3 Å². The van der Waals surface area contributed by atoms with Gasteiger partial charge in [0.05, 0.1) is 12.5 Å². The number of piperidine rings is 1. The van der Waals surface area contributed by atoms with E-state index in [0.717, 1.165) is 51.9 Å². The zero-order valence-corrected chi connectivity index (χ0v) is 17.1. The maximum absolute atomic E-state index is 12.0. The van der Waals surface area contributed by atoms with Crippen molar-refractivity contribution in [3.05, 3.63) is 35.9 Å². The summed E-state index contributed by atoms with van der Waals surface area (Å²) in [5, 5.41) is 3.81. The highest BCUT2D eigenvalue weighted by atomic mass is 16.5. The minimum absolute atomic E-state index is 0.00216. The fourth-order valence-corrected chi connectivity index (χ4v) is 4.59. The van der Waals surface area contributed by atoms with Gasteiger partial charge in [-0.3, -0.25) is 9.69 Å². The van der Waals surface area contributed by atoms with E-state index in [1.54, 1.807) is 7.11 Å². The molecule has 1 saturated heterocycles. The molecule has 2 aliphatic carbocycles. The van der Waals surface area contributed by atoms with Crippen LogP contribution in [0.5, 0.6) is 0 Å². The van der Waals surface area contributed by atoms with Crippen molar-refractivity contribution in [3.8, 4) is 0 Å². The summed E-state index contributed by atoms with van der Waals surface area (Å²) in [7, 11) is 1.80. The Hall–Kier alpha value is -1.43. The standard InChI is InChI=1S/C23H34N2O3/c1-27-16-23(15-24-21-14-20(21)18-6-3-2-4-7-18)10-12-25(13-11-23)17-28-22(26)19-8-5-9-19/h2-4,6-7,19-21,24H,5,8-17H2,1H3/t20-,21+/m0/s1. The highest BCUT2D eigenvalue weighted by molar-refractivity contribution is 5.73. The summed E-state index contributed by atoms with van der Waals surface area (Å²) >= 11 is 0.